The summed E-state index contributed by atoms with van der Waals surface area (Å²) in [5.74, 6) is 1.46. The van der Waals surface area contributed by atoms with E-state index >= 15 is 0 Å². The van der Waals surface area contributed by atoms with Gasteiger partial charge in [0, 0.05) is 29.6 Å². The van der Waals surface area contributed by atoms with E-state index in [2.05, 4.69) is 11.0 Å². The van der Waals surface area contributed by atoms with Gasteiger partial charge in [0.2, 0.25) is 0 Å². The van der Waals surface area contributed by atoms with Crippen LogP contribution in [0.4, 0.5) is 4.79 Å². The average Bonchev–Trinajstić information content (AvgIpc) is 3.11. The molecule has 3 fully saturated rings. The van der Waals surface area contributed by atoms with Crippen LogP contribution in [-0.4, -0.2) is 60.8 Å². The number of carbonyl (C=O) groups excluding carboxylic acids is 1. The Kier molecular flexibility index (Phi) is 5.97. The van der Waals surface area contributed by atoms with E-state index in [0.717, 1.165) is 49.8 Å². The summed E-state index contributed by atoms with van der Waals surface area (Å²) in [6, 6.07) is 6.60. The zero-order valence-electron chi connectivity index (χ0n) is 18.7. The molecule has 2 aliphatic heterocycles. The minimum absolute atomic E-state index is 0.159. The molecule has 0 aromatic heterocycles. The second-order valence-electron chi connectivity index (χ2n) is 10.4. The van der Waals surface area contributed by atoms with E-state index in [1.54, 1.807) is 7.11 Å². The summed E-state index contributed by atoms with van der Waals surface area (Å²) in [4.78, 5) is 16.8. The molecule has 2 saturated heterocycles. The lowest BCUT2D eigenvalue weighted by Gasteiger charge is -2.48. The van der Waals surface area contributed by atoms with Crippen LogP contribution in [0.1, 0.15) is 64.4 Å². The van der Waals surface area contributed by atoms with Crippen molar-refractivity contribution in [1.29, 1.82) is 0 Å². The van der Waals surface area contributed by atoms with Crippen LogP contribution in [0.2, 0.25) is 5.02 Å². The maximum Gasteiger partial charge on any atom is 0.410 e. The van der Waals surface area contributed by atoms with Crippen LogP contribution in [0.3, 0.4) is 0 Å². The fourth-order valence-corrected chi connectivity index (χ4v) is 5.78. The second kappa shape index (κ2) is 8.23. The van der Waals surface area contributed by atoms with Crippen molar-refractivity contribution in [2.75, 3.05) is 33.3 Å². The molecule has 5 nitrogen and oxygen atoms in total. The molecule has 1 amide bonds. The molecule has 6 heteroatoms. The van der Waals surface area contributed by atoms with Gasteiger partial charge in [0.1, 0.15) is 11.4 Å². The monoisotopic (exact) mass is 434 g/mol. The Bertz CT molecular complexity index is 777. The Hall–Kier alpha value is -1.46. The van der Waals surface area contributed by atoms with Crippen LogP contribution in [0.25, 0.3) is 0 Å². The van der Waals surface area contributed by atoms with E-state index in [1.807, 2.05) is 37.8 Å². The third kappa shape index (κ3) is 4.57. The number of likely N-dealkylation sites (tertiary alicyclic amines) is 2. The van der Waals surface area contributed by atoms with Gasteiger partial charge in [-0.15, -0.1) is 0 Å². The summed E-state index contributed by atoms with van der Waals surface area (Å²) in [6.07, 6.45) is 5.80. The second-order valence-corrected chi connectivity index (χ2v) is 10.9. The highest BCUT2D eigenvalue weighted by atomic mass is 35.5. The fraction of sp³-hybridized carbons (Fsp3) is 0.708. The lowest BCUT2D eigenvalue weighted by molar-refractivity contribution is -0.0347. The molecule has 0 bridgehead atoms. The van der Waals surface area contributed by atoms with Gasteiger partial charge < -0.3 is 19.3 Å². The molecule has 1 aliphatic carbocycles. The lowest BCUT2D eigenvalue weighted by atomic mass is 9.78. The average molecular weight is 435 g/mol. The van der Waals surface area contributed by atoms with E-state index in [0.29, 0.717) is 17.4 Å². The summed E-state index contributed by atoms with van der Waals surface area (Å²) in [7, 11) is 1.74. The largest absolute Gasteiger partial charge is 0.496 e. The summed E-state index contributed by atoms with van der Waals surface area (Å²) in [6.45, 7) is 9.73. The highest BCUT2D eigenvalue weighted by Gasteiger charge is 2.51. The van der Waals surface area contributed by atoms with Crippen LogP contribution in [0.15, 0.2) is 18.2 Å². The molecule has 166 valence electrons. The fourth-order valence-electron chi connectivity index (χ4n) is 5.59. The third-order valence-corrected chi connectivity index (χ3v) is 7.29. The van der Waals surface area contributed by atoms with Crippen molar-refractivity contribution in [2.45, 2.75) is 70.4 Å². The van der Waals surface area contributed by atoms with Gasteiger partial charge in [-0.25, -0.2) is 4.79 Å². The maximum atomic E-state index is 12.3. The topological polar surface area (TPSA) is 42.0 Å². The van der Waals surface area contributed by atoms with Crippen LogP contribution >= 0.6 is 11.6 Å². The molecule has 2 heterocycles. The van der Waals surface area contributed by atoms with E-state index in [1.165, 1.54) is 24.8 Å². The number of nitrogens with zero attached hydrogens (tertiary/aromatic N) is 2. The third-order valence-electron chi connectivity index (χ3n) is 7.06. The normalized spacial score (nSPS) is 24.7. The van der Waals surface area contributed by atoms with E-state index in [-0.39, 0.29) is 6.09 Å². The van der Waals surface area contributed by atoms with Gasteiger partial charge in [-0.1, -0.05) is 11.6 Å². The quantitative estimate of drug-likeness (QED) is 0.645. The highest BCUT2D eigenvalue weighted by Crippen LogP contribution is 2.48. The lowest BCUT2D eigenvalue weighted by Crippen LogP contribution is -2.58. The van der Waals surface area contributed by atoms with Crippen molar-refractivity contribution in [1.82, 2.24) is 9.80 Å². The number of piperidine rings is 1. The molecule has 4 rings (SSSR count). The zero-order chi connectivity index (χ0) is 21.5. The van der Waals surface area contributed by atoms with Crippen molar-refractivity contribution in [2.24, 2.45) is 5.41 Å². The van der Waals surface area contributed by atoms with Crippen LogP contribution in [-0.2, 0) is 4.74 Å². The van der Waals surface area contributed by atoms with Crippen molar-refractivity contribution in [3.8, 4) is 5.75 Å². The Morgan fingerprint density at radius 1 is 1.17 bits per heavy atom. The van der Waals surface area contributed by atoms with Gasteiger partial charge in [-0.3, -0.25) is 0 Å². The van der Waals surface area contributed by atoms with Gasteiger partial charge in [0.25, 0.3) is 0 Å². The first kappa shape index (κ1) is 21.8. The highest BCUT2D eigenvalue weighted by molar-refractivity contribution is 6.30. The first-order valence-corrected chi connectivity index (χ1v) is 11.6. The maximum absolute atomic E-state index is 12.3. The van der Waals surface area contributed by atoms with Crippen molar-refractivity contribution in [3.05, 3.63) is 28.8 Å². The SMILES string of the molecule is COc1ccc(Cl)cc1C1CCN([C@@H]2CCC3(C2)CN(C(=O)OC(C)(C)C)C3)CC1. The number of amides is 1. The molecule has 30 heavy (non-hydrogen) atoms. The zero-order valence-corrected chi connectivity index (χ0v) is 19.5. The Labute approximate surface area is 185 Å². The Balaban J connectivity index is 1.28. The molecule has 1 atom stereocenters. The molecule has 0 N–H and O–H groups in total. The first-order valence-electron chi connectivity index (χ1n) is 11.2. The molecule has 1 saturated carbocycles. The molecule has 1 aromatic carbocycles. The van der Waals surface area contributed by atoms with E-state index < -0.39 is 5.60 Å². The van der Waals surface area contributed by atoms with Gasteiger partial charge >= 0.3 is 6.09 Å². The minimum Gasteiger partial charge on any atom is -0.496 e. The molecular formula is C24H35ClN2O3. The summed E-state index contributed by atoms with van der Waals surface area (Å²) < 4.78 is 11.1. The van der Waals surface area contributed by atoms with Crippen LogP contribution in [0, 0.1) is 5.41 Å². The Morgan fingerprint density at radius 3 is 2.50 bits per heavy atom. The summed E-state index contributed by atoms with van der Waals surface area (Å²) >= 11 is 6.25. The predicted octanol–water partition coefficient (Wildman–Crippen LogP) is 5.32. The smallest absolute Gasteiger partial charge is 0.410 e. The van der Waals surface area contributed by atoms with Crippen molar-refractivity contribution < 1.29 is 14.3 Å². The van der Waals surface area contributed by atoms with Crippen LogP contribution in [0.5, 0.6) is 5.75 Å². The number of ether oxygens (including phenoxy) is 2. The summed E-state index contributed by atoms with van der Waals surface area (Å²) in [5.41, 5.74) is 1.14. The molecule has 1 spiro atoms. The number of benzene rings is 1. The van der Waals surface area contributed by atoms with Gasteiger partial charge in [-0.2, -0.15) is 0 Å². The molecule has 1 aromatic rings. The number of rotatable bonds is 3. The molecular weight excluding hydrogens is 400 g/mol. The van der Waals surface area contributed by atoms with E-state index in [9.17, 15) is 4.79 Å². The van der Waals surface area contributed by atoms with Gasteiger partial charge in [0.15, 0.2) is 0 Å². The van der Waals surface area contributed by atoms with E-state index in [4.69, 9.17) is 21.1 Å². The Morgan fingerprint density at radius 2 is 1.87 bits per heavy atom. The molecule has 0 radical (unpaired) electrons. The van der Waals surface area contributed by atoms with Gasteiger partial charge in [0.05, 0.1) is 7.11 Å². The number of halogens is 1. The van der Waals surface area contributed by atoms with Crippen molar-refractivity contribution in [3.63, 3.8) is 0 Å². The summed E-state index contributed by atoms with van der Waals surface area (Å²) in [5, 5.41) is 0.783. The molecule has 0 unspecified atom stereocenters. The number of methoxy groups -OCH3 is 1. The van der Waals surface area contributed by atoms with Crippen LogP contribution < -0.4 is 4.74 Å². The van der Waals surface area contributed by atoms with Gasteiger partial charge in [-0.05, 0) is 95.6 Å². The first-order chi connectivity index (χ1) is 14.2. The van der Waals surface area contributed by atoms with Crippen molar-refractivity contribution >= 4 is 17.7 Å². The predicted molar refractivity (Wildman–Crippen MR) is 119 cm³/mol. The number of hydrogen-bond acceptors (Lipinski definition) is 4. The minimum atomic E-state index is -0.423. The molecule has 3 aliphatic rings. The number of carbonyl (C=O) groups is 1. The number of hydrogen-bond donors (Lipinski definition) is 0. The standard InChI is InChI=1S/C24H35ClN2O3/c1-23(2,3)30-22(28)27-15-24(16-27)10-7-19(14-24)26-11-8-17(9-12-26)20-13-18(25)5-6-21(20)29-4/h5-6,13,17,19H,7-12,14-16H2,1-4H3/t19-/m1/s1.